The number of amides is 1. The standard InChI is InChI=1S/C14H12BrClN2O/c1-8-2-5-12(17)13(6-8)18-14(19)10-7-9(15)3-4-11(10)16/h2-7H,17H2,1H3,(H,18,19). The number of aryl methyl sites for hydroxylation is 1. The second-order valence-electron chi connectivity index (χ2n) is 4.17. The van der Waals surface area contributed by atoms with Gasteiger partial charge in [0.05, 0.1) is 22.0 Å². The highest BCUT2D eigenvalue weighted by molar-refractivity contribution is 9.10. The fourth-order valence-corrected chi connectivity index (χ4v) is 2.20. The summed E-state index contributed by atoms with van der Waals surface area (Å²) in [6.07, 6.45) is 0. The summed E-state index contributed by atoms with van der Waals surface area (Å²) in [6, 6.07) is 10.6. The summed E-state index contributed by atoms with van der Waals surface area (Å²) in [6.45, 7) is 1.93. The number of halogens is 2. The predicted molar refractivity (Wildman–Crippen MR) is 82.7 cm³/mol. The molecule has 0 heterocycles. The molecule has 0 aliphatic carbocycles. The minimum absolute atomic E-state index is 0.288. The lowest BCUT2D eigenvalue weighted by Gasteiger charge is -2.10. The lowest BCUT2D eigenvalue weighted by molar-refractivity contribution is 0.102. The molecule has 0 unspecified atom stereocenters. The largest absolute Gasteiger partial charge is 0.397 e. The Morgan fingerprint density at radius 2 is 2.00 bits per heavy atom. The van der Waals surface area contributed by atoms with Crippen molar-refractivity contribution in [1.82, 2.24) is 0 Å². The Morgan fingerprint density at radius 3 is 2.74 bits per heavy atom. The summed E-state index contributed by atoms with van der Waals surface area (Å²) in [5, 5.41) is 3.16. The average Bonchev–Trinajstić information content (AvgIpc) is 2.36. The van der Waals surface area contributed by atoms with E-state index in [1.54, 1.807) is 24.3 Å². The van der Waals surface area contributed by atoms with Gasteiger partial charge >= 0.3 is 0 Å². The van der Waals surface area contributed by atoms with E-state index < -0.39 is 0 Å². The maximum Gasteiger partial charge on any atom is 0.257 e. The molecule has 2 rings (SSSR count). The molecule has 0 bridgehead atoms. The van der Waals surface area contributed by atoms with E-state index in [-0.39, 0.29) is 5.91 Å². The number of rotatable bonds is 2. The van der Waals surface area contributed by atoms with Crippen molar-refractivity contribution in [2.45, 2.75) is 6.92 Å². The lowest BCUT2D eigenvalue weighted by atomic mass is 10.1. The minimum Gasteiger partial charge on any atom is -0.397 e. The molecule has 1 amide bonds. The Balaban J connectivity index is 2.30. The summed E-state index contributed by atoms with van der Waals surface area (Å²) < 4.78 is 0.791. The highest BCUT2D eigenvalue weighted by Gasteiger charge is 2.12. The molecule has 3 nitrogen and oxygen atoms in total. The third kappa shape index (κ3) is 3.28. The third-order valence-electron chi connectivity index (χ3n) is 2.63. The SMILES string of the molecule is Cc1ccc(N)c(NC(=O)c2cc(Br)ccc2Cl)c1. The number of nitrogens with two attached hydrogens (primary N) is 1. The van der Waals surface area contributed by atoms with Crippen LogP contribution in [-0.2, 0) is 0 Å². The first-order chi connectivity index (χ1) is 8.97. The van der Waals surface area contributed by atoms with Gasteiger partial charge in [-0.25, -0.2) is 0 Å². The van der Waals surface area contributed by atoms with Gasteiger partial charge in [0.2, 0.25) is 0 Å². The number of carbonyl (C=O) groups excluding carboxylic acids is 1. The molecule has 0 atom stereocenters. The van der Waals surface area contributed by atoms with E-state index in [2.05, 4.69) is 21.2 Å². The van der Waals surface area contributed by atoms with Crippen molar-refractivity contribution in [2.75, 3.05) is 11.1 Å². The number of hydrogen-bond acceptors (Lipinski definition) is 2. The van der Waals surface area contributed by atoms with Crippen LogP contribution in [0.2, 0.25) is 5.02 Å². The maximum absolute atomic E-state index is 12.2. The van der Waals surface area contributed by atoms with Gasteiger partial charge in [0, 0.05) is 4.47 Å². The van der Waals surface area contributed by atoms with Crippen molar-refractivity contribution < 1.29 is 4.79 Å². The molecule has 0 fully saturated rings. The van der Waals surface area contributed by atoms with Gasteiger partial charge in [-0.1, -0.05) is 33.6 Å². The van der Waals surface area contributed by atoms with Gasteiger partial charge in [-0.05, 0) is 42.8 Å². The normalized spacial score (nSPS) is 10.3. The van der Waals surface area contributed by atoms with E-state index in [9.17, 15) is 4.79 Å². The van der Waals surface area contributed by atoms with Crippen LogP contribution in [0.1, 0.15) is 15.9 Å². The molecular weight excluding hydrogens is 328 g/mol. The molecule has 0 aromatic heterocycles. The van der Waals surface area contributed by atoms with Crippen LogP contribution in [0.5, 0.6) is 0 Å². The first kappa shape index (κ1) is 13.9. The van der Waals surface area contributed by atoms with Crippen molar-refractivity contribution in [3.8, 4) is 0 Å². The fraction of sp³-hybridized carbons (Fsp3) is 0.0714. The summed E-state index contributed by atoms with van der Waals surface area (Å²) in [5.74, 6) is -0.288. The van der Waals surface area contributed by atoms with Crippen LogP contribution < -0.4 is 11.1 Å². The first-order valence-electron chi connectivity index (χ1n) is 5.60. The molecule has 0 spiro atoms. The second kappa shape index (κ2) is 5.63. The number of anilines is 2. The summed E-state index contributed by atoms with van der Waals surface area (Å²) in [5.41, 5.74) is 8.35. The number of nitrogens with one attached hydrogen (secondary N) is 1. The van der Waals surface area contributed by atoms with E-state index in [4.69, 9.17) is 17.3 Å². The van der Waals surface area contributed by atoms with Crippen LogP contribution in [0, 0.1) is 6.92 Å². The van der Waals surface area contributed by atoms with Crippen LogP contribution in [0.15, 0.2) is 40.9 Å². The van der Waals surface area contributed by atoms with Gasteiger partial charge in [-0.15, -0.1) is 0 Å². The molecule has 0 saturated carbocycles. The van der Waals surface area contributed by atoms with E-state index in [0.717, 1.165) is 10.0 Å². The van der Waals surface area contributed by atoms with E-state index >= 15 is 0 Å². The van der Waals surface area contributed by atoms with Crippen molar-refractivity contribution in [1.29, 1.82) is 0 Å². The first-order valence-corrected chi connectivity index (χ1v) is 6.77. The average molecular weight is 340 g/mol. The monoisotopic (exact) mass is 338 g/mol. The topological polar surface area (TPSA) is 55.1 Å². The quantitative estimate of drug-likeness (QED) is 0.804. The maximum atomic E-state index is 12.2. The molecule has 98 valence electrons. The summed E-state index contributed by atoms with van der Waals surface area (Å²) in [7, 11) is 0. The molecule has 2 aromatic carbocycles. The molecule has 19 heavy (non-hydrogen) atoms. The van der Waals surface area contributed by atoms with Gasteiger partial charge in [0.25, 0.3) is 5.91 Å². The zero-order valence-electron chi connectivity index (χ0n) is 10.2. The number of nitrogen functional groups attached to an aromatic ring is 1. The number of hydrogen-bond donors (Lipinski definition) is 2. The van der Waals surface area contributed by atoms with Crippen LogP contribution in [0.25, 0.3) is 0 Å². The summed E-state index contributed by atoms with van der Waals surface area (Å²) in [4.78, 5) is 12.2. The van der Waals surface area contributed by atoms with Gasteiger partial charge in [-0.2, -0.15) is 0 Å². The number of benzene rings is 2. The zero-order valence-corrected chi connectivity index (χ0v) is 12.5. The molecular formula is C14H12BrClN2O. The van der Waals surface area contributed by atoms with Gasteiger partial charge in [0.15, 0.2) is 0 Å². The zero-order chi connectivity index (χ0) is 14.0. The van der Waals surface area contributed by atoms with Crippen molar-refractivity contribution in [2.24, 2.45) is 0 Å². The molecule has 0 radical (unpaired) electrons. The Morgan fingerprint density at radius 1 is 1.26 bits per heavy atom. The minimum atomic E-state index is -0.288. The Kier molecular flexibility index (Phi) is 4.12. The molecule has 3 N–H and O–H groups in total. The Bertz CT molecular complexity index is 643. The van der Waals surface area contributed by atoms with Crippen LogP contribution in [0.3, 0.4) is 0 Å². The molecule has 0 aliphatic heterocycles. The smallest absolute Gasteiger partial charge is 0.257 e. The van der Waals surface area contributed by atoms with Crippen LogP contribution in [-0.4, -0.2) is 5.91 Å². The molecule has 0 aliphatic rings. The van der Waals surface area contributed by atoms with Crippen molar-refractivity contribution >= 4 is 44.8 Å². The van der Waals surface area contributed by atoms with Crippen molar-refractivity contribution in [3.05, 3.63) is 57.0 Å². The predicted octanol–water partition coefficient (Wildman–Crippen LogP) is 4.25. The van der Waals surface area contributed by atoms with Crippen LogP contribution >= 0.6 is 27.5 Å². The highest BCUT2D eigenvalue weighted by Crippen LogP contribution is 2.24. The van der Waals surface area contributed by atoms with E-state index in [0.29, 0.717) is 22.0 Å². The second-order valence-corrected chi connectivity index (χ2v) is 5.49. The van der Waals surface area contributed by atoms with E-state index in [1.165, 1.54) is 0 Å². The van der Waals surface area contributed by atoms with Gasteiger partial charge < -0.3 is 11.1 Å². The van der Waals surface area contributed by atoms with Gasteiger partial charge in [0.1, 0.15) is 0 Å². The molecule has 5 heteroatoms. The summed E-state index contributed by atoms with van der Waals surface area (Å²) >= 11 is 9.33. The Hall–Kier alpha value is -1.52. The van der Waals surface area contributed by atoms with Gasteiger partial charge in [-0.3, -0.25) is 4.79 Å². The fourth-order valence-electron chi connectivity index (χ4n) is 1.64. The Labute approximate surface area is 124 Å². The number of carbonyl (C=O) groups is 1. The third-order valence-corrected chi connectivity index (χ3v) is 3.45. The lowest BCUT2D eigenvalue weighted by Crippen LogP contribution is -2.14. The highest BCUT2D eigenvalue weighted by atomic mass is 79.9. The van der Waals surface area contributed by atoms with E-state index in [1.807, 2.05) is 19.1 Å². The van der Waals surface area contributed by atoms with Crippen molar-refractivity contribution in [3.63, 3.8) is 0 Å². The van der Waals surface area contributed by atoms with Crippen LogP contribution in [0.4, 0.5) is 11.4 Å². The molecule has 2 aromatic rings. The molecule has 0 saturated heterocycles.